The smallest absolute Gasteiger partial charge is 0.185 e. The fourth-order valence-corrected chi connectivity index (χ4v) is 3.39. The Morgan fingerprint density at radius 1 is 1.50 bits per heavy atom. The molecule has 0 atom stereocenters. The molecule has 0 unspecified atom stereocenters. The molecule has 106 valence electrons. The first-order valence-corrected chi connectivity index (χ1v) is 7.94. The molecule has 1 fully saturated rings. The molecule has 2 aromatic heterocycles. The highest BCUT2D eigenvalue weighted by Crippen LogP contribution is 2.22. The second-order valence-corrected chi connectivity index (χ2v) is 6.30. The monoisotopic (exact) mass is 289 g/mol. The van der Waals surface area contributed by atoms with Crippen LogP contribution in [0.3, 0.4) is 0 Å². The molecule has 0 aliphatic carbocycles. The Balaban J connectivity index is 1.76. The molecule has 0 saturated carbocycles. The van der Waals surface area contributed by atoms with Crippen LogP contribution >= 0.6 is 11.3 Å². The van der Waals surface area contributed by atoms with Crippen molar-refractivity contribution >= 4 is 17.1 Å². The van der Waals surface area contributed by atoms with Crippen LogP contribution in [0.2, 0.25) is 0 Å². The van der Waals surface area contributed by atoms with Crippen molar-refractivity contribution in [2.45, 2.75) is 32.2 Å². The quantitative estimate of drug-likeness (QED) is 0.880. The fourth-order valence-electron chi connectivity index (χ4n) is 2.78. The first-order valence-electron chi connectivity index (χ1n) is 7.06. The predicted octanol–water partition coefficient (Wildman–Crippen LogP) is 2.60. The van der Waals surface area contributed by atoms with Gasteiger partial charge in [0.2, 0.25) is 0 Å². The van der Waals surface area contributed by atoms with Gasteiger partial charge in [-0.3, -0.25) is 4.79 Å². The third-order valence-corrected chi connectivity index (χ3v) is 4.60. The average Bonchev–Trinajstić information content (AvgIpc) is 3.09. The van der Waals surface area contributed by atoms with Crippen LogP contribution in [-0.4, -0.2) is 28.4 Å². The number of piperidine rings is 1. The van der Waals surface area contributed by atoms with E-state index in [0.717, 1.165) is 42.3 Å². The molecule has 20 heavy (non-hydrogen) atoms. The normalized spacial score (nSPS) is 16.4. The number of nitrogens with one attached hydrogen (secondary N) is 1. The zero-order valence-electron chi connectivity index (χ0n) is 11.6. The zero-order valence-corrected chi connectivity index (χ0v) is 12.4. The Kier molecular flexibility index (Phi) is 3.98. The van der Waals surface area contributed by atoms with Gasteiger partial charge in [0.1, 0.15) is 0 Å². The molecule has 5 heteroatoms. The maximum atomic E-state index is 12.5. The van der Waals surface area contributed by atoms with Gasteiger partial charge in [-0.05, 0) is 45.0 Å². The number of hydrogen-bond acceptors (Lipinski definition) is 4. The summed E-state index contributed by atoms with van der Waals surface area (Å²) in [5.74, 6) is 0.166. The number of Topliss-reactive ketones (excluding diaryl/α,β-unsaturated/α-hetero) is 1. The first kappa shape index (κ1) is 13.5. The van der Waals surface area contributed by atoms with Gasteiger partial charge in [-0.1, -0.05) is 0 Å². The molecule has 0 spiro atoms. The number of thiazole rings is 1. The van der Waals surface area contributed by atoms with Gasteiger partial charge in [-0.2, -0.15) is 0 Å². The van der Waals surface area contributed by atoms with E-state index >= 15 is 0 Å². The molecule has 0 amide bonds. The minimum Gasteiger partial charge on any atom is -0.342 e. The number of aromatic nitrogens is 2. The summed E-state index contributed by atoms with van der Waals surface area (Å²) in [6.45, 7) is 4.03. The SMILES string of the molecule is Cc1nc(CC(=O)c2cccn2C2CCNCC2)cs1. The lowest BCUT2D eigenvalue weighted by molar-refractivity contribution is 0.0979. The van der Waals surface area contributed by atoms with E-state index in [4.69, 9.17) is 0 Å². The molecule has 3 heterocycles. The summed E-state index contributed by atoms with van der Waals surface area (Å²) in [4.78, 5) is 16.9. The third kappa shape index (κ3) is 2.83. The van der Waals surface area contributed by atoms with E-state index in [1.807, 2.05) is 30.6 Å². The lowest BCUT2D eigenvalue weighted by atomic mass is 10.1. The van der Waals surface area contributed by atoms with Crippen LogP contribution in [0.15, 0.2) is 23.7 Å². The maximum absolute atomic E-state index is 12.5. The molecule has 1 saturated heterocycles. The van der Waals surface area contributed by atoms with Crippen LogP contribution in [0.25, 0.3) is 0 Å². The van der Waals surface area contributed by atoms with Crippen LogP contribution in [0.4, 0.5) is 0 Å². The number of carbonyl (C=O) groups is 1. The Morgan fingerprint density at radius 3 is 3.00 bits per heavy atom. The van der Waals surface area contributed by atoms with Crippen LogP contribution in [-0.2, 0) is 6.42 Å². The molecule has 2 aromatic rings. The van der Waals surface area contributed by atoms with Crippen LogP contribution in [0, 0.1) is 6.92 Å². The highest BCUT2D eigenvalue weighted by molar-refractivity contribution is 7.09. The zero-order chi connectivity index (χ0) is 13.9. The summed E-state index contributed by atoms with van der Waals surface area (Å²) in [6.07, 6.45) is 4.62. The van der Waals surface area contributed by atoms with Crippen molar-refractivity contribution in [3.8, 4) is 0 Å². The van der Waals surface area contributed by atoms with E-state index in [0.29, 0.717) is 12.5 Å². The number of ketones is 1. The maximum Gasteiger partial charge on any atom is 0.185 e. The van der Waals surface area contributed by atoms with Gasteiger partial charge in [0.25, 0.3) is 0 Å². The molecule has 1 aliphatic rings. The minimum absolute atomic E-state index is 0.166. The second-order valence-electron chi connectivity index (χ2n) is 5.24. The van der Waals surface area contributed by atoms with Crippen LogP contribution < -0.4 is 5.32 Å². The molecule has 0 aromatic carbocycles. The molecule has 0 bridgehead atoms. The van der Waals surface area contributed by atoms with Crippen molar-refractivity contribution in [2.75, 3.05) is 13.1 Å². The number of hydrogen-bond donors (Lipinski definition) is 1. The summed E-state index contributed by atoms with van der Waals surface area (Å²) in [7, 11) is 0. The van der Waals surface area contributed by atoms with Gasteiger partial charge < -0.3 is 9.88 Å². The molecule has 1 aliphatic heterocycles. The topological polar surface area (TPSA) is 46.9 Å². The van der Waals surface area contributed by atoms with Crippen molar-refractivity contribution in [2.24, 2.45) is 0 Å². The predicted molar refractivity (Wildman–Crippen MR) is 80.5 cm³/mol. The van der Waals surface area contributed by atoms with E-state index in [1.54, 1.807) is 11.3 Å². The summed E-state index contributed by atoms with van der Waals surface area (Å²) >= 11 is 1.60. The van der Waals surface area contributed by atoms with Crippen molar-refractivity contribution in [3.05, 3.63) is 40.1 Å². The van der Waals surface area contributed by atoms with Gasteiger partial charge in [0, 0.05) is 17.6 Å². The third-order valence-electron chi connectivity index (χ3n) is 3.77. The van der Waals surface area contributed by atoms with Crippen LogP contribution in [0.1, 0.15) is 40.1 Å². The van der Waals surface area contributed by atoms with Gasteiger partial charge >= 0.3 is 0 Å². The van der Waals surface area contributed by atoms with E-state index < -0.39 is 0 Å². The summed E-state index contributed by atoms with van der Waals surface area (Å²) < 4.78 is 2.16. The van der Waals surface area contributed by atoms with Crippen molar-refractivity contribution in [3.63, 3.8) is 0 Å². The molecule has 0 radical (unpaired) electrons. The lowest BCUT2D eigenvalue weighted by Gasteiger charge is -2.25. The number of nitrogens with zero attached hydrogens (tertiary/aromatic N) is 2. The molecule has 4 nitrogen and oxygen atoms in total. The van der Waals surface area contributed by atoms with Crippen molar-refractivity contribution in [1.82, 2.24) is 14.9 Å². The van der Waals surface area contributed by atoms with Gasteiger partial charge in [0.05, 0.1) is 22.8 Å². The van der Waals surface area contributed by atoms with Gasteiger partial charge in [-0.15, -0.1) is 11.3 Å². The van der Waals surface area contributed by atoms with E-state index in [-0.39, 0.29) is 5.78 Å². The Bertz CT molecular complexity index is 596. The average molecular weight is 289 g/mol. The fraction of sp³-hybridized carbons (Fsp3) is 0.467. The Labute approximate surface area is 122 Å². The molecule has 1 N–H and O–H groups in total. The Morgan fingerprint density at radius 2 is 2.30 bits per heavy atom. The van der Waals surface area contributed by atoms with E-state index in [9.17, 15) is 4.79 Å². The van der Waals surface area contributed by atoms with Crippen molar-refractivity contribution < 1.29 is 4.79 Å². The first-order chi connectivity index (χ1) is 9.74. The van der Waals surface area contributed by atoms with Gasteiger partial charge in [0.15, 0.2) is 5.78 Å². The summed E-state index contributed by atoms with van der Waals surface area (Å²) in [5.41, 5.74) is 1.71. The summed E-state index contributed by atoms with van der Waals surface area (Å²) in [6, 6.07) is 4.35. The lowest BCUT2D eigenvalue weighted by Crippen LogP contribution is -2.30. The Hall–Kier alpha value is -1.46. The van der Waals surface area contributed by atoms with Crippen molar-refractivity contribution in [1.29, 1.82) is 0 Å². The second kappa shape index (κ2) is 5.89. The summed E-state index contributed by atoms with van der Waals surface area (Å²) in [5, 5.41) is 6.35. The standard InChI is InChI=1S/C15H19N3OS/c1-11-17-12(10-20-11)9-15(19)14-3-2-8-18(14)13-4-6-16-7-5-13/h2-3,8,10,13,16H,4-7,9H2,1H3. The largest absolute Gasteiger partial charge is 0.342 e. The highest BCUT2D eigenvalue weighted by Gasteiger charge is 2.20. The van der Waals surface area contributed by atoms with E-state index in [2.05, 4.69) is 14.9 Å². The van der Waals surface area contributed by atoms with Gasteiger partial charge in [-0.25, -0.2) is 4.98 Å². The molecule has 3 rings (SSSR count). The number of rotatable bonds is 4. The number of carbonyl (C=O) groups excluding carboxylic acids is 1. The van der Waals surface area contributed by atoms with Crippen LogP contribution in [0.5, 0.6) is 0 Å². The molecular formula is C15H19N3OS. The molecular weight excluding hydrogens is 270 g/mol. The highest BCUT2D eigenvalue weighted by atomic mass is 32.1. The van der Waals surface area contributed by atoms with E-state index in [1.165, 1.54) is 0 Å². The number of aryl methyl sites for hydroxylation is 1. The minimum atomic E-state index is 0.166.